The fraction of sp³-hybridized carbons (Fsp3) is 0.250. The summed E-state index contributed by atoms with van der Waals surface area (Å²) >= 11 is 0. The van der Waals surface area contributed by atoms with Crippen molar-refractivity contribution in [2.75, 3.05) is 11.9 Å². The Labute approximate surface area is 109 Å². The number of aromatic amines is 1. The van der Waals surface area contributed by atoms with Crippen LogP contribution in [0.15, 0.2) is 18.2 Å². The van der Waals surface area contributed by atoms with Crippen molar-refractivity contribution < 1.29 is 14.6 Å². The van der Waals surface area contributed by atoms with Gasteiger partial charge in [-0.05, 0) is 26.0 Å². The highest BCUT2D eigenvalue weighted by molar-refractivity contribution is 6.05. The Hall–Kier alpha value is -2.57. The van der Waals surface area contributed by atoms with Gasteiger partial charge in [-0.3, -0.25) is 10.1 Å². The molecule has 0 saturated carbocycles. The van der Waals surface area contributed by atoms with Crippen molar-refractivity contribution in [3.63, 3.8) is 0 Å². The van der Waals surface area contributed by atoms with E-state index in [2.05, 4.69) is 20.5 Å². The maximum Gasteiger partial charge on any atom is 0.337 e. The van der Waals surface area contributed by atoms with Crippen molar-refractivity contribution in [3.8, 4) is 11.8 Å². The van der Waals surface area contributed by atoms with Crippen molar-refractivity contribution in [1.82, 2.24) is 15.2 Å². The first-order valence-corrected chi connectivity index (χ1v) is 5.76. The first-order chi connectivity index (χ1) is 9.10. The van der Waals surface area contributed by atoms with Crippen molar-refractivity contribution in [2.45, 2.75) is 13.8 Å². The summed E-state index contributed by atoms with van der Waals surface area (Å²) < 4.78 is 5.06. The Morgan fingerprint density at radius 3 is 3.05 bits per heavy atom. The summed E-state index contributed by atoms with van der Waals surface area (Å²) in [6.45, 7) is 4.07. The van der Waals surface area contributed by atoms with Crippen LogP contribution in [0.2, 0.25) is 0 Å². The summed E-state index contributed by atoms with van der Waals surface area (Å²) in [5.41, 5.74) is 1.05. The second-order valence-corrected chi connectivity index (χ2v) is 3.87. The number of benzene rings is 1. The molecule has 0 saturated heterocycles. The average Bonchev–Trinajstić information content (AvgIpc) is 2.80. The van der Waals surface area contributed by atoms with E-state index in [0.29, 0.717) is 6.61 Å². The zero-order valence-corrected chi connectivity index (χ0v) is 10.6. The second kappa shape index (κ2) is 5.38. The Bertz CT molecular complexity index is 594. The molecule has 7 heteroatoms. The van der Waals surface area contributed by atoms with Gasteiger partial charge >= 0.3 is 6.01 Å². The number of anilines is 1. The molecule has 1 heterocycles. The first-order valence-electron chi connectivity index (χ1n) is 5.76. The van der Waals surface area contributed by atoms with E-state index in [1.54, 1.807) is 19.1 Å². The third kappa shape index (κ3) is 3.01. The highest BCUT2D eigenvalue weighted by Gasteiger charge is 2.13. The number of aromatic hydroxyl groups is 1. The van der Waals surface area contributed by atoms with Gasteiger partial charge < -0.3 is 9.84 Å². The number of hydrogen-bond donors (Lipinski definition) is 3. The maximum absolute atomic E-state index is 12.0. The van der Waals surface area contributed by atoms with Gasteiger partial charge in [-0.15, -0.1) is 5.10 Å². The second-order valence-electron chi connectivity index (χ2n) is 3.87. The molecule has 3 N–H and O–H groups in total. The standard InChI is InChI=1S/C12H14N4O3/c1-3-19-12-14-11(15-16-12)13-10(18)8-6-7(2)4-5-9(8)17/h4-6,17H,3H2,1-2H3,(H2,13,14,15,16,18). The topological polar surface area (TPSA) is 100 Å². The van der Waals surface area contributed by atoms with E-state index in [1.807, 2.05) is 6.92 Å². The van der Waals surface area contributed by atoms with Gasteiger partial charge in [-0.2, -0.15) is 4.98 Å². The van der Waals surface area contributed by atoms with Crippen LogP contribution in [0.4, 0.5) is 5.95 Å². The third-order valence-corrected chi connectivity index (χ3v) is 2.37. The van der Waals surface area contributed by atoms with Crippen LogP contribution >= 0.6 is 0 Å². The van der Waals surface area contributed by atoms with Gasteiger partial charge in [0.2, 0.25) is 5.95 Å². The number of rotatable bonds is 4. The molecule has 100 valence electrons. The molecule has 0 unspecified atom stereocenters. The largest absolute Gasteiger partial charge is 0.507 e. The lowest BCUT2D eigenvalue weighted by molar-refractivity contribution is 0.102. The number of nitrogens with one attached hydrogen (secondary N) is 2. The van der Waals surface area contributed by atoms with Gasteiger partial charge in [0, 0.05) is 0 Å². The third-order valence-electron chi connectivity index (χ3n) is 2.37. The molecule has 0 aliphatic rings. The molecule has 1 aromatic carbocycles. The first kappa shape index (κ1) is 12.9. The van der Waals surface area contributed by atoms with Crippen LogP contribution in [0.25, 0.3) is 0 Å². The van der Waals surface area contributed by atoms with Crippen molar-refractivity contribution >= 4 is 11.9 Å². The predicted octanol–water partition coefficient (Wildman–Crippen LogP) is 1.47. The number of aromatic nitrogens is 3. The predicted molar refractivity (Wildman–Crippen MR) is 68.3 cm³/mol. The zero-order valence-electron chi connectivity index (χ0n) is 10.6. The van der Waals surface area contributed by atoms with Gasteiger partial charge in [-0.25, -0.2) is 5.10 Å². The summed E-state index contributed by atoms with van der Waals surface area (Å²) in [5, 5.41) is 18.4. The number of nitrogens with zero attached hydrogens (tertiary/aromatic N) is 2. The molecule has 0 spiro atoms. The number of amides is 1. The zero-order chi connectivity index (χ0) is 13.8. The minimum Gasteiger partial charge on any atom is -0.507 e. The summed E-state index contributed by atoms with van der Waals surface area (Å²) in [7, 11) is 0. The monoisotopic (exact) mass is 262 g/mol. The molecular weight excluding hydrogens is 248 g/mol. The van der Waals surface area contributed by atoms with Crippen LogP contribution in [-0.4, -0.2) is 32.8 Å². The SMILES string of the molecule is CCOc1n[nH]c(NC(=O)c2cc(C)ccc2O)n1. The van der Waals surface area contributed by atoms with Crippen LogP contribution in [-0.2, 0) is 0 Å². The number of hydrogen-bond acceptors (Lipinski definition) is 5. The highest BCUT2D eigenvalue weighted by Crippen LogP contribution is 2.19. The fourth-order valence-corrected chi connectivity index (χ4v) is 1.50. The number of carbonyl (C=O) groups excluding carboxylic acids is 1. The summed E-state index contributed by atoms with van der Waals surface area (Å²) in [5.74, 6) is -0.401. The Morgan fingerprint density at radius 1 is 1.53 bits per heavy atom. The molecule has 0 radical (unpaired) electrons. The molecule has 0 aliphatic heterocycles. The van der Waals surface area contributed by atoms with Crippen molar-refractivity contribution in [2.24, 2.45) is 0 Å². The number of aryl methyl sites for hydroxylation is 1. The molecule has 2 rings (SSSR count). The lowest BCUT2D eigenvalue weighted by Crippen LogP contribution is -2.13. The van der Waals surface area contributed by atoms with Gasteiger partial charge in [0.1, 0.15) is 5.75 Å². The van der Waals surface area contributed by atoms with Crippen LogP contribution in [0.3, 0.4) is 0 Å². The quantitative estimate of drug-likeness (QED) is 0.774. The van der Waals surface area contributed by atoms with Crippen molar-refractivity contribution in [3.05, 3.63) is 29.3 Å². The van der Waals surface area contributed by atoms with Gasteiger partial charge in [-0.1, -0.05) is 11.6 Å². The molecule has 1 amide bonds. The van der Waals surface area contributed by atoms with E-state index in [-0.39, 0.29) is 23.3 Å². The lowest BCUT2D eigenvalue weighted by atomic mass is 10.1. The molecule has 0 atom stereocenters. The van der Waals surface area contributed by atoms with Gasteiger partial charge in [0.15, 0.2) is 0 Å². The minimum atomic E-state index is -0.472. The Kier molecular flexibility index (Phi) is 3.65. The van der Waals surface area contributed by atoms with E-state index < -0.39 is 5.91 Å². The Morgan fingerprint density at radius 2 is 2.32 bits per heavy atom. The van der Waals surface area contributed by atoms with E-state index in [0.717, 1.165) is 5.56 Å². The fourth-order valence-electron chi connectivity index (χ4n) is 1.50. The molecule has 0 bridgehead atoms. The van der Waals surface area contributed by atoms with E-state index in [1.165, 1.54) is 6.07 Å². The maximum atomic E-state index is 12.0. The van der Waals surface area contributed by atoms with Crippen LogP contribution in [0.5, 0.6) is 11.8 Å². The van der Waals surface area contributed by atoms with Gasteiger partial charge in [0.05, 0.1) is 12.2 Å². The van der Waals surface area contributed by atoms with Crippen molar-refractivity contribution in [1.29, 1.82) is 0 Å². The van der Waals surface area contributed by atoms with E-state index in [4.69, 9.17) is 4.74 Å². The van der Waals surface area contributed by atoms with Crippen LogP contribution in [0, 0.1) is 6.92 Å². The molecule has 1 aromatic heterocycles. The number of carbonyl (C=O) groups is 1. The summed E-state index contributed by atoms with van der Waals surface area (Å²) in [4.78, 5) is 15.9. The van der Waals surface area contributed by atoms with E-state index in [9.17, 15) is 9.90 Å². The summed E-state index contributed by atoms with van der Waals surface area (Å²) in [6, 6.07) is 4.93. The van der Waals surface area contributed by atoms with Crippen LogP contribution < -0.4 is 10.1 Å². The van der Waals surface area contributed by atoms with Crippen LogP contribution in [0.1, 0.15) is 22.8 Å². The molecule has 2 aromatic rings. The minimum absolute atomic E-state index is 0.0901. The molecular formula is C12H14N4O3. The molecule has 0 aliphatic carbocycles. The lowest BCUT2D eigenvalue weighted by Gasteiger charge is -2.04. The number of phenolic OH excluding ortho intramolecular Hbond substituents is 1. The summed E-state index contributed by atoms with van der Waals surface area (Å²) in [6.07, 6.45) is 0. The number of H-pyrrole nitrogens is 1. The molecule has 19 heavy (non-hydrogen) atoms. The smallest absolute Gasteiger partial charge is 0.337 e. The number of ether oxygens (including phenoxy) is 1. The molecule has 7 nitrogen and oxygen atoms in total. The average molecular weight is 262 g/mol. The normalized spacial score (nSPS) is 10.2. The van der Waals surface area contributed by atoms with Gasteiger partial charge in [0.25, 0.3) is 5.91 Å². The highest BCUT2D eigenvalue weighted by atomic mass is 16.5. The molecule has 0 fully saturated rings. The Balaban J connectivity index is 2.13. The number of phenols is 1. The van der Waals surface area contributed by atoms with E-state index >= 15 is 0 Å².